The largest absolute Gasteiger partial charge is 0.331 e. The Morgan fingerprint density at radius 1 is 0.867 bits per heavy atom. The first-order valence-electron chi connectivity index (χ1n) is 9.57. The highest BCUT2D eigenvalue weighted by Gasteiger charge is 2.37. The predicted molar refractivity (Wildman–Crippen MR) is 130 cm³/mol. The smallest absolute Gasteiger partial charge is 0.253 e. The number of hydrazine groups is 1. The van der Waals surface area contributed by atoms with Crippen LogP contribution in [-0.2, 0) is 10.2 Å². The monoisotopic (exact) mass is 481 g/mol. The van der Waals surface area contributed by atoms with Gasteiger partial charge in [-0.05, 0) is 67.4 Å². The summed E-state index contributed by atoms with van der Waals surface area (Å²) in [4.78, 5) is 13.3. The Hall–Kier alpha value is -2.70. The second-order valence-corrected chi connectivity index (χ2v) is 8.63. The minimum atomic E-state index is -0.880. The lowest BCUT2D eigenvalue weighted by atomic mass is 9.75. The van der Waals surface area contributed by atoms with Crippen molar-refractivity contribution in [2.45, 2.75) is 26.2 Å². The summed E-state index contributed by atoms with van der Waals surface area (Å²) in [6.07, 6.45) is 0. The molecular formula is C24H24BrN3OS. The molecule has 6 heteroatoms. The molecule has 1 amide bonds. The Morgan fingerprint density at radius 3 is 1.80 bits per heavy atom. The average molecular weight is 482 g/mol. The highest BCUT2D eigenvalue weighted by atomic mass is 79.9. The summed E-state index contributed by atoms with van der Waals surface area (Å²) >= 11 is 8.91. The predicted octanol–water partition coefficient (Wildman–Crippen LogP) is 5.39. The van der Waals surface area contributed by atoms with Gasteiger partial charge >= 0.3 is 0 Å². The van der Waals surface area contributed by atoms with Gasteiger partial charge in [0.15, 0.2) is 5.11 Å². The number of carbonyl (C=O) groups is 1. The molecule has 0 heterocycles. The molecule has 0 fully saturated rings. The first kappa shape index (κ1) is 22.0. The number of hydrogen-bond acceptors (Lipinski definition) is 2. The van der Waals surface area contributed by atoms with E-state index >= 15 is 0 Å². The molecule has 0 saturated heterocycles. The Kier molecular flexibility index (Phi) is 6.90. The number of carbonyl (C=O) groups excluding carboxylic acids is 1. The molecule has 0 aliphatic carbocycles. The number of aryl methyl sites for hydroxylation is 2. The zero-order valence-electron chi connectivity index (χ0n) is 17.1. The van der Waals surface area contributed by atoms with E-state index in [0.717, 1.165) is 32.4 Å². The fraction of sp³-hybridized carbons (Fsp3) is 0.167. The van der Waals surface area contributed by atoms with Gasteiger partial charge in [0.2, 0.25) is 0 Å². The van der Waals surface area contributed by atoms with Crippen LogP contribution in [0.2, 0.25) is 0 Å². The highest BCUT2D eigenvalue weighted by Crippen LogP contribution is 2.32. The van der Waals surface area contributed by atoms with Gasteiger partial charge < -0.3 is 5.32 Å². The molecule has 0 saturated carbocycles. The van der Waals surface area contributed by atoms with Crippen molar-refractivity contribution in [1.82, 2.24) is 10.9 Å². The summed E-state index contributed by atoms with van der Waals surface area (Å²) in [6, 6.07) is 23.5. The van der Waals surface area contributed by atoms with Gasteiger partial charge in [-0.25, -0.2) is 0 Å². The highest BCUT2D eigenvalue weighted by molar-refractivity contribution is 9.10. The van der Waals surface area contributed by atoms with Gasteiger partial charge in [-0.2, -0.15) is 0 Å². The zero-order chi connectivity index (χ0) is 21.7. The topological polar surface area (TPSA) is 53.2 Å². The number of benzene rings is 3. The van der Waals surface area contributed by atoms with Crippen molar-refractivity contribution in [1.29, 1.82) is 0 Å². The fourth-order valence-electron chi connectivity index (χ4n) is 3.46. The quantitative estimate of drug-likeness (QED) is 0.345. The maximum Gasteiger partial charge on any atom is 0.253 e. The number of thiocarbonyl (C=S) groups is 1. The minimum absolute atomic E-state index is 0.201. The Morgan fingerprint density at radius 2 is 1.33 bits per heavy atom. The van der Waals surface area contributed by atoms with E-state index in [1.54, 1.807) is 0 Å². The lowest BCUT2D eigenvalue weighted by Gasteiger charge is -2.30. The van der Waals surface area contributed by atoms with Crippen molar-refractivity contribution in [2.75, 3.05) is 5.32 Å². The van der Waals surface area contributed by atoms with Crippen LogP contribution in [0.3, 0.4) is 0 Å². The average Bonchev–Trinajstić information content (AvgIpc) is 2.75. The first-order chi connectivity index (χ1) is 14.3. The molecule has 30 heavy (non-hydrogen) atoms. The van der Waals surface area contributed by atoms with Gasteiger partial charge in [0.25, 0.3) is 5.91 Å². The number of rotatable bonds is 4. The molecule has 3 aromatic rings. The molecule has 0 bridgehead atoms. The van der Waals surface area contributed by atoms with Crippen LogP contribution in [0, 0.1) is 13.8 Å². The van der Waals surface area contributed by atoms with Gasteiger partial charge in [-0.15, -0.1) is 0 Å². The van der Waals surface area contributed by atoms with E-state index in [2.05, 4.69) is 32.1 Å². The third-order valence-corrected chi connectivity index (χ3v) is 5.84. The fourth-order valence-corrected chi connectivity index (χ4v) is 4.30. The van der Waals surface area contributed by atoms with E-state index in [1.165, 1.54) is 0 Å². The van der Waals surface area contributed by atoms with E-state index in [4.69, 9.17) is 12.2 Å². The van der Waals surface area contributed by atoms with Crippen molar-refractivity contribution >= 4 is 44.9 Å². The number of nitrogens with one attached hydrogen (secondary N) is 3. The molecule has 0 aliphatic heterocycles. The first-order valence-corrected chi connectivity index (χ1v) is 10.8. The molecule has 154 valence electrons. The number of halogens is 1. The summed E-state index contributed by atoms with van der Waals surface area (Å²) in [5, 5.41) is 3.50. The van der Waals surface area contributed by atoms with Crippen molar-refractivity contribution < 1.29 is 4.79 Å². The summed E-state index contributed by atoms with van der Waals surface area (Å²) < 4.78 is 1.01. The van der Waals surface area contributed by atoms with Gasteiger partial charge in [0, 0.05) is 10.2 Å². The third kappa shape index (κ3) is 4.71. The SMILES string of the molecule is Cc1cc(Br)cc(C)c1NC(=S)NNC(=O)C(C)(c1ccccc1)c1ccccc1. The van der Waals surface area contributed by atoms with Crippen LogP contribution in [0.4, 0.5) is 5.69 Å². The lowest BCUT2D eigenvalue weighted by Crippen LogP contribution is -2.51. The van der Waals surface area contributed by atoms with E-state index in [1.807, 2.05) is 93.6 Å². The Balaban J connectivity index is 1.78. The second-order valence-electron chi connectivity index (χ2n) is 7.30. The molecule has 3 aromatic carbocycles. The van der Waals surface area contributed by atoms with Crippen LogP contribution >= 0.6 is 28.1 Å². The van der Waals surface area contributed by atoms with Crippen molar-refractivity contribution in [2.24, 2.45) is 0 Å². The van der Waals surface area contributed by atoms with Gasteiger partial charge in [0.1, 0.15) is 0 Å². The molecule has 0 radical (unpaired) electrons. The van der Waals surface area contributed by atoms with Crippen molar-refractivity contribution in [3.05, 3.63) is 99.5 Å². The summed E-state index contributed by atoms with van der Waals surface area (Å²) in [5.74, 6) is -0.201. The van der Waals surface area contributed by atoms with Crippen LogP contribution in [0.5, 0.6) is 0 Å². The number of hydrogen-bond donors (Lipinski definition) is 3. The second kappa shape index (κ2) is 9.41. The molecule has 3 rings (SSSR count). The Labute approximate surface area is 191 Å². The normalized spacial score (nSPS) is 10.9. The molecule has 4 nitrogen and oxygen atoms in total. The van der Waals surface area contributed by atoms with Crippen molar-refractivity contribution in [3.63, 3.8) is 0 Å². The Bertz CT molecular complexity index is 992. The van der Waals surface area contributed by atoms with Crippen molar-refractivity contribution in [3.8, 4) is 0 Å². The molecule has 0 spiro atoms. The molecule has 0 aliphatic rings. The molecule has 0 aromatic heterocycles. The molecule has 3 N–H and O–H groups in total. The minimum Gasteiger partial charge on any atom is -0.331 e. The maximum atomic E-state index is 13.3. The van der Waals surface area contributed by atoms with E-state index in [-0.39, 0.29) is 5.91 Å². The van der Waals surface area contributed by atoms with Crippen LogP contribution < -0.4 is 16.2 Å². The number of anilines is 1. The van der Waals surface area contributed by atoms with Gasteiger partial charge in [-0.1, -0.05) is 76.6 Å². The third-order valence-electron chi connectivity index (χ3n) is 5.18. The summed E-state index contributed by atoms with van der Waals surface area (Å²) in [7, 11) is 0. The molecule has 0 atom stereocenters. The summed E-state index contributed by atoms with van der Waals surface area (Å²) in [5.41, 5.74) is 9.58. The lowest BCUT2D eigenvalue weighted by molar-refractivity contribution is -0.125. The van der Waals surface area contributed by atoms with E-state index in [0.29, 0.717) is 5.11 Å². The molecular weight excluding hydrogens is 458 g/mol. The van der Waals surface area contributed by atoms with Gasteiger partial charge in [0.05, 0.1) is 5.41 Å². The van der Waals surface area contributed by atoms with Gasteiger partial charge in [-0.3, -0.25) is 15.6 Å². The number of amides is 1. The van der Waals surface area contributed by atoms with Crippen LogP contribution in [0.1, 0.15) is 29.2 Å². The molecule has 0 unspecified atom stereocenters. The van der Waals surface area contributed by atoms with E-state index in [9.17, 15) is 4.79 Å². The van der Waals surface area contributed by atoms with E-state index < -0.39 is 5.41 Å². The maximum absolute atomic E-state index is 13.3. The van der Waals surface area contributed by atoms with Crippen LogP contribution in [0.15, 0.2) is 77.3 Å². The standard InChI is InChI=1S/C24H24BrN3OS/c1-16-14-20(25)15-17(2)21(16)26-23(30)28-27-22(29)24(3,18-10-6-4-7-11-18)19-12-8-5-9-13-19/h4-15H,1-3H3,(H,27,29)(H2,26,28,30). The summed E-state index contributed by atoms with van der Waals surface area (Å²) in [6.45, 7) is 5.92. The van der Waals surface area contributed by atoms with Crippen LogP contribution in [0.25, 0.3) is 0 Å². The zero-order valence-corrected chi connectivity index (χ0v) is 19.5. The van der Waals surface area contributed by atoms with Crippen LogP contribution in [-0.4, -0.2) is 11.0 Å².